The molecule has 1 N–H and O–H groups in total. The summed E-state index contributed by atoms with van der Waals surface area (Å²) in [6.45, 7) is 6.01. The van der Waals surface area contributed by atoms with Crippen LogP contribution in [0.1, 0.15) is 30.2 Å². The monoisotopic (exact) mass is 443 g/mol. The SMILES string of the molecule is CCN(CC)c1ccc(NC(=O)c2ccc(COc3ccc([N+](=O)[O-])cc3Cl)o2)cc1. The molecule has 0 radical (unpaired) electrons. The Kier molecular flexibility index (Phi) is 7.15. The average Bonchev–Trinajstić information content (AvgIpc) is 3.24. The van der Waals surface area contributed by atoms with E-state index in [4.69, 9.17) is 20.8 Å². The van der Waals surface area contributed by atoms with Crippen LogP contribution in [-0.2, 0) is 6.61 Å². The summed E-state index contributed by atoms with van der Waals surface area (Å²) in [6, 6.07) is 14.7. The molecule has 162 valence electrons. The number of non-ortho nitro benzene ring substituents is 1. The predicted molar refractivity (Wildman–Crippen MR) is 119 cm³/mol. The summed E-state index contributed by atoms with van der Waals surface area (Å²) >= 11 is 6.01. The van der Waals surface area contributed by atoms with Gasteiger partial charge in [0, 0.05) is 36.6 Å². The van der Waals surface area contributed by atoms with Crippen LogP contribution in [0.15, 0.2) is 59.0 Å². The number of rotatable bonds is 9. The number of ether oxygens (including phenoxy) is 1. The van der Waals surface area contributed by atoms with E-state index in [0.717, 1.165) is 18.8 Å². The third-order valence-corrected chi connectivity index (χ3v) is 4.93. The molecule has 0 fully saturated rings. The molecule has 31 heavy (non-hydrogen) atoms. The highest BCUT2D eigenvalue weighted by molar-refractivity contribution is 6.32. The van der Waals surface area contributed by atoms with Gasteiger partial charge in [-0.25, -0.2) is 0 Å². The Morgan fingerprint density at radius 2 is 1.84 bits per heavy atom. The molecule has 0 unspecified atom stereocenters. The zero-order chi connectivity index (χ0) is 22.4. The van der Waals surface area contributed by atoms with Gasteiger partial charge in [0.05, 0.1) is 9.95 Å². The van der Waals surface area contributed by atoms with E-state index in [9.17, 15) is 14.9 Å². The zero-order valence-corrected chi connectivity index (χ0v) is 17.9. The topological polar surface area (TPSA) is 97.9 Å². The molecule has 9 heteroatoms. The van der Waals surface area contributed by atoms with Crippen LogP contribution in [0, 0.1) is 10.1 Å². The molecule has 0 bridgehead atoms. The van der Waals surface area contributed by atoms with Gasteiger partial charge in [-0.2, -0.15) is 0 Å². The maximum atomic E-state index is 12.4. The summed E-state index contributed by atoms with van der Waals surface area (Å²) in [6.07, 6.45) is 0. The maximum absolute atomic E-state index is 12.4. The predicted octanol–water partition coefficient (Wildman–Crippen LogP) is 5.52. The van der Waals surface area contributed by atoms with Crippen LogP contribution in [0.5, 0.6) is 5.75 Å². The van der Waals surface area contributed by atoms with E-state index in [0.29, 0.717) is 11.4 Å². The number of anilines is 2. The number of halogens is 1. The van der Waals surface area contributed by atoms with Crippen molar-refractivity contribution in [3.05, 3.63) is 81.3 Å². The molecule has 2 aromatic carbocycles. The minimum absolute atomic E-state index is 0.0172. The van der Waals surface area contributed by atoms with Crippen molar-refractivity contribution < 1.29 is 18.9 Å². The zero-order valence-electron chi connectivity index (χ0n) is 17.1. The Labute approximate surface area is 184 Å². The number of nitro benzene ring substituents is 1. The Morgan fingerprint density at radius 1 is 1.13 bits per heavy atom. The fourth-order valence-electron chi connectivity index (χ4n) is 2.98. The minimum Gasteiger partial charge on any atom is -0.484 e. The van der Waals surface area contributed by atoms with E-state index in [1.807, 2.05) is 24.3 Å². The van der Waals surface area contributed by atoms with E-state index in [1.54, 1.807) is 12.1 Å². The lowest BCUT2D eigenvalue weighted by Crippen LogP contribution is -2.21. The highest BCUT2D eigenvalue weighted by Crippen LogP contribution is 2.29. The molecule has 3 aromatic rings. The van der Waals surface area contributed by atoms with Crippen LogP contribution < -0.4 is 15.0 Å². The molecule has 0 saturated heterocycles. The molecule has 0 aliphatic rings. The lowest BCUT2D eigenvalue weighted by molar-refractivity contribution is -0.384. The quantitative estimate of drug-likeness (QED) is 0.345. The Morgan fingerprint density at radius 3 is 2.45 bits per heavy atom. The second-order valence-corrected chi connectivity index (χ2v) is 7.01. The van der Waals surface area contributed by atoms with E-state index < -0.39 is 4.92 Å². The lowest BCUT2D eigenvalue weighted by atomic mass is 10.2. The van der Waals surface area contributed by atoms with Gasteiger partial charge in [-0.3, -0.25) is 14.9 Å². The summed E-state index contributed by atoms with van der Waals surface area (Å²) in [5, 5.41) is 13.7. The number of carbonyl (C=O) groups is 1. The van der Waals surface area contributed by atoms with Crippen molar-refractivity contribution in [1.82, 2.24) is 0 Å². The van der Waals surface area contributed by atoms with Gasteiger partial charge in [0.2, 0.25) is 0 Å². The molecule has 0 aliphatic carbocycles. The third kappa shape index (κ3) is 5.55. The van der Waals surface area contributed by atoms with Crippen molar-refractivity contribution in [2.45, 2.75) is 20.5 Å². The average molecular weight is 444 g/mol. The van der Waals surface area contributed by atoms with E-state index >= 15 is 0 Å². The Balaban J connectivity index is 1.59. The molecule has 8 nitrogen and oxygen atoms in total. The first-order valence-electron chi connectivity index (χ1n) is 9.73. The highest BCUT2D eigenvalue weighted by Gasteiger charge is 2.14. The fraction of sp³-hybridized carbons (Fsp3) is 0.227. The molecule has 1 aromatic heterocycles. The molecule has 0 aliphatic heterocycles. The number of carbonyl (C=O) groups excluding carboxylic acids is 1. The van der Waals surface area contributed by atoms with Crippen molar-refractivity contribution in [3.63, 3.8) is 0 Å². The van der Waals surface area contributed by atoms with E-state index in [1.165, 1.54) is 18.2 Å². The number of amides is 1. The number of benzene rings is 2. The second kappa shape index (κ2) is 9.99. The molecular weight excluding hydrogens is 422 g/mol. The molecule has 1 heterocycles. The van der Waals surface area contributed by atoms with Gasteiger partial charge in [-0.05, 0) is 56.3 Å². The molecule has 0 saturated carbocycles. The third-order valence-electron chi connectivity index (χ3n) is 4.64. The van der Waals surface area contributed by atoms with Gasteiger partial charge in [0.15, 0.2) is 5.76 Å². The number of hydrogen-bond donors (Lipinski definition) is 1. The van der Waals surface area contributed by atoms with Gasteiger partial charge < -0.3 is 19.4 Å². The van der Waals surface area contributed by atoms with Crippen molar-refractivity contribution in [2.75, 3.05) is 23.3 Å². The molecule has 0 spiro atoms. The first-order chi connectivity index (χ1) is 14.9. The van der Waals surface area contributed by atoms with Crippen molar-refractivity contribution in [3.8, 4) is 5.75 Å². The maximum Gasteiger partial charge on any atom is 0.291 e. The van der Waals surface area contributed by atoms with Crippen molar-refractivity contribution in [2.24, 2.45) is 0 Å². The van der Waals surface area contributed by atoms with E-state index in [-0.39, 0.29) is 34.7 Å². The van der Waals surface area contributed by atoms with Crippen molar-refractivity contribution >= 4 is 34.6 Å². The van der Waals surface area contributed by atoms with Gasteiger partial charge in [0.1, 0.15) is 18.1 Å². The summed E-state index contributed by atoms with van der Waals surface area (Å²) in [5.41, 5.74) is 1.62. The largest absolute Gasteiger partial charge is 0.484 e. The molecule has 1 amide bonds. The summed E-state index contributed by atoms with van der Waals surface area (Å²) in [7, 11) is 0. The highest BCUT2D eigenvalue weighted by atomic mass is 35.5. The Hall–Kier alpha value is -3.52. The number of furan rings is 1. The van der Waals surface area contributed by atoms with Crippen LogP contribution >= 0.6 is 11.6 Å². The summed E-state index contributed by atoms with van der Waals surface area (Å²) < 4.78 is 11.1. The van der Waals surface area contributed by atoms with Crippen LogP contribution in [-0.4, -0.2) is 23.9 Å². The van der Waals surface area contributed by atoms with Crippen LogP contribution in [0.4, 0.5) is 17.1 Å². The van der Waals surface area contributed by atoms with Gasteiger partial charge in [-0.15, -0.1) is 0 Å². The van der Waals surface area contributed by atoms with Crippen molar-refractivity contribution in [1.29, 1.82) is 0 Å². The lowest BCUT2D eigenvalue weighted by Gasteiger charge is -2.21. The molecule has 0 atom stereocenters. The fourth-order valence-corrected chi connectivity index (χ4v) is 3.21. The Bertz CT molecular complexity index is 1060. The molecule has 3 rings (SSSR count). The summed E-state index contributed by atoms with van der Waals surface area (Å²) in [4.78, 5) is 24.9. The number of nitrogens with zero attached hydrogens (tertiary/aromatic N) is 2. The number of nitro groups is 1. The normalized spacial score (nSPS) is 10.5. The minimum atomic E-state index is -0.537. The second-order valence-electron chi connectivity index (χ2n) is 6.60. The van der Waals surface area contributed by atoms with Crippen LogP contribution in [0.25, 0.3) is 0 Å². The first-order valence-corrected chi connectivity index (χ1v) is 10.1. The van der Waals surface area contributed by atoms with Gasteiger partial charge in [0.25, 0.3) is 11.6 Å². The van der Waals surface area contributed by atoms with Crippen LogP contribution in [0.3, 0.4) is 0 Å². The number of hydrogen-bond acceptors (Lipinski definition) is 6. The van der Waals surface area contributed by atoms with E-state index in [2.05, 4.69) is 24.1 Å². The van der Waals surface area contributed by atoms with Crippen LogP contribution in [0.2, 0.25) is 5.02 Å². The summed E-state index contributed by atoms with van der Waals surface area (Å²) in [5.74, 6) is 0.454. The number of nitrogens with one attached hydrogen (secondary N) is 1. The van der Waals surface area contributed by atoms with Gasteiger partial charge >= 0.3 is 0 Å². The standard InChI is InChI=1S/C22H22ClN3O5/c1-3-25(4-2)16-7-5-15(6-8-16)24-22(27)21-12-10-18(31-21)14-30-20-11-9-17(26(28)29)13-19(20)23/h5-13H,3-4,14H2,1-2H3,(H,24,27). The molecular formula is C22H22ClN3O5. The first kappa shape index (κ1) is 22.2. The smallest absolute Gasteiger partial charge is 0.291 e. The van der Waals surface area contributed by atoms with Gasteiger partial charge in [-0.1, -0.05) is 11.6 Å².